The average molecular weight is 312 g/mol. The summed E-state index contributed by atoms with van der Waals surface area (Å²) < 4.78 is 5.26. The molecule has 2 aromatic carbocycles. The van der Waals surface area contributed by atoms with E-state index in [0.717, 1.165) is 24.2 Å². The summed E-state index contributed by atoms with van der Waals surface area (Å²) >= 11 is 0. The Hall–Kier alpha value is -2.26. The molecular weight excluding hydrogens is 288 g/mol. The van der Waals surface area contributed by atoms with E-state index in [4.69, 9.17) is 4.74 Å². The van der Waals surface area contributed by atoms with Gasteiger partial charge < -0.3 is 14.9 Å². The first-order chi connectivity index (χ1) is 10.9. The highest BCUT2D eigenvalue weighted by molar-refractivity contribution is 5.38. The normalized spacial score (nSPS) is 14.4. The lowest BCUT2D eigenvalue weighted by Crippen LogP contribution is -2.23. The molecule has 1 aliphatic carbocycles. The van der Waals surface area contributed by atoms with Crippen molar-refractivity contribution in [2.45, 2.75) is 32.3 Å². The molecule has 3 rings (SSSR count). The fraction of sp³-hybridized carbons (Fsp3) is 0.300. The number of aromatic hydroxyl groups is 1. The van der Waals surface area contributed by atoms with E-state index in [-0.39, 0.29) is 0 Å². The van der Waals surface area contributed by atoms with E-state index in [0.29, 0.717) is 12.4 Å². The molecule has 3 heteroatoms. The van der Waals surface area contributed by atoms with Crippen molar-refractivity contribution in [2.75, 3.05) is 6.61 Å². The minimum Gasteiger partial charge on any atom is -0.508 e. The topological polar surface area (TPSA) is 49.7 Å². The van der Waals surface area contributed by atoms with Gasteiger partial charge in [-0.05, 0) is 48.7 Å². The molecule has 0 amide bonds. The predicted molar refractivity (Wildman–Crippen MR) is 93.0 cm³/mol. The van der Waals surface area contributed by atoms with E-state index in [9.17, 15) is 10.2 Å². The van der Waals surface area contributed by atoms with Crippen molar-refractivity contribution >= 4 is 0 Å². The summed E-state index contributed by atoms with van der Waals surface area (Å²) in [5, 5.41) is 18.9. The highest BCUT2D eigenvalue weighted by atomic mass is 16.5. The summed E-state index contributed by atoms with van der Waals surface area (Å²) in [4.78, 5) is 0. The van der Waals surface area contributed by atoms with E-state index in [2.05, 4.69) is 18.7 Å². The van der Waals surface area contributed by atoms with Crippen molar-refractivity contribution in [3.05, 3.63) is 71.8 Å². The van der Waals surface area contributed by atoms with Crippen molar-refractivity contribution < 1.29 is 14.9 Å². The molecule has 0 atom stereocenters. The first-order valence-electron chi connectivity index (χ1n) is 7.74. The van der Waals surface area contributed by atoms with Gasteiger partial charge in [-0.3, -0.25) is 0 Å². The summed E-state index contributed by atoms with van der Waals surface area (Å²) in [6, 6.07) is 13.4. The number of phenols is 1. The minimum atomic E-state index is -0.496. The minimum absolute atomic E-state index is 0.293. The molecule has 0 aromatic heterocycles. The number of rotatable bonds is 3. The van der Waals surface area contributed by atoms with E-state index in [1.807, 2.05) is 26.0 Å². The second kappa shape index (κ2) is 7.34. The van der Waals surface area contributed by atoms with Gasteiger partial charge in [0.15, 0.2) is 0 Å². The first-order valence-corrected chi connectivity index (χ1v) is 7.74. The lowest BCUT2D eigenvalue weighted by Gasteiger charge is -2.13. The number of hydrogen-bond donors (Lipinski definition) is 2. The van der Waals surface area contributed by atoms with E-state index in [1.165, 1.54) is 11.1 Å². The van der Waals surface area contributed by atoms with Crippen LogP contribution in [0.1, 0.15) is 23.6 Å². The quantitative estimate of drug-likeness (QED) is 0.848. The van der Waals surface area contributed by atoms with Crippen LogP contribution >= 0.6 is 0 Å². The van der Waals surface area contributed by atoms with Crippen molar-refractivity contribution in [1.82, 2.24) is 0 Å². The second-order valence-corrected chi connectivity index (χ2v) is 6.17. The lowest BCUT2D eigenvalue weighted by molar-refractivity contribution is 0.0719. The third-order valence-electron chi connectivity index (χ3n) is 3.80. The van der Waals surface area contributed by atoms with Crippen LogP contribution in [0.3, 0.4) is 0 Å². The molecule has 0 saturated heterocycles. The fourth-order valence-corrected chi connectivity index (χ4v) is 2.66. The molecule has 0 heterocycles. The Balaban J connectivity index is 0.000000167. The summed E-state index contributed by atoms with van der Waals surface area (Å²) in [6.07, 6.45) is 3.30. The standard InChI is InChI=1S/C10H12O2.C10H12O/c1-3-6-12-9-4-5-10(11)8(2)7-9;1-10(11)6-8-4-2-3-5-9(8)7-10/h3-5,7,11H,1,6H2,2H3;2-5,11H,6-7H2,1H3. The Morgan fingerprint density at radius 3 is 2.30 bits per heavy atom. The van der Waals surface area contributed by atoms with Crippen LogP contribution in [0.4, 0.5) is 0 Å². The second-order valence-electron chi connectivity index (χ2n) is 6.17. The van der Waals surface area contributed by atoms with E-state index in [1.54, 1.807) is 24.3 Å². The predicted octanol–water partition coefficient (Wildman–Crippen LogP) is 3.80. The van der Waals surface area contributed by atoms with Gasteiger partial charge >= 0.3 is 0 Å². The van der Waals surface area contributed by atoms with Crippen LogP contribution in [0.5, 0.6) is 11.5 Å². The van der Waals surface area contributed by atoms with Gasteiger partial charge in [-0.1, -0.05) is 36.9 Å². The molecule has 0 saturated carbocycles. The van der Waals surface area contributed by atoms with Crippen molar-refractivity contribution in [3.63, 3.8) is 0 Å². The van der Waals surface area contributed by atoms with Gasteiger partial charge in [-0.15, -0.1) is 0 Å². The van der Waals surface area contributed by atoms with Crippen molar-refractivity contribution in [2.24, 2.45) is 0 Å². The molecule has 0 unspecified atom stereocenters. The maximum absolute atomic E-state index is 9.72. The lowest BCUT2D eigenvalue weighted by atomic mass is 10.0. The molecule has 0 spiro atoms. The number of benzene rings is 2. The van der Waals surface area contributed by atoms with Crippen LogP contribution < -0.4 is 4.74 Å². The largest absolute Gasteiger partial charge is 0.508 e. The number of fused-ring (bicyclic) bond motifs is 1. The number of hydrogen-bond acceptors (Lipinski definition) is 3. The molecule has 1 aliphatic rings. The van der Waals surface area contributed by atoms with Gasteiger partial charge in [0, 0.05) is 12.8 Å². The van der Waals surface area contributed by atoms with Crippen molar-refractivity contribution in [1.29, 1.82) is 0 Å². The molecule has 0 fully saturated rings. The molecular formula is C20H24O3. The molecule has 122 valence electrons. The van der Waals surface area contributed by atoms with Gasteiger partial charge in [0.25, 0.3) is 0 Å². The van der Waals surface area contributed by atoms with Gasteiger partial charge in [0.2, 0.25) is 0 Å². The molecule has 0 bridgehead atoms. The average Bonchev–Trinajstić information content (AvgIpc) is 2.83. The summed E-state index contributed by atoms with van der Waals surface area (Å²) in [7, 11) is 0. The van der Waals surface area contributed by atoms with Crippen LogP contribution in [0.15, 0.2) is 55.1 Å². The van der Waals surface area contributed by atoms with Gasteiger partial charge in [0.05, 0.1) is 5.60 Å². The maximum Gasteiger partial charge on any atom is 0.120 e. The third-order valence-corrected chi connectivity index (χ3v) is 3.80. The van der Waals surface area contributed by atoms with Crippen LogP contribution in [0, 0.1) is 6.92 Å². The molecule has 3 nitrogen and oxygen atoms in total. The number of ether oxygens (including phenoxy) is 1. The Bertz CT molecular complexity index is 647. The Morgan fingerprint density at radius 1 is 1.17 bits per heavy atom. The third kappa shape index (κ3) is 4.86. The summed E-state index contributed by atoms with van der Waals surface area (Å²) in [6.45, 7) is 7.76. The number of aryl methyl sites for hydroxylation is 1. The van der Waals surface area contributed by atoms with Crippen LogP contribution in [0.25, 0.3) is 0 Å². The Morgan fingerprint density at radius 2 is 1.78 bits per heavy atom. The highest BCUT2D eigenvalue weighted by Crippen LogP contribution is 2.28. The first kappa shape index (κ1) is 17.1. The van der Waals surface area contributed by atoms with E-state index < -0.39 is 5.60 Å². The van der Waals surface area contributed by atoms with Crippen molar-refractivity contribution in [3.8, 4) is 11.5 Å². The van der Waals surface area contributed by atoms with Crippen LogP contribution in [-0.2, 0) is 12.8 Å². The van der Waals surface area contributed by atoms with Gasteiger partial charge in [-0.2, -0.15) is 0 Å². The smallest absolute Gasteiger partial charge is 0.120 e. The fourth-order valence-electron chi connectivity index (χ4n) is 2.66. The Labute approximate surface area is 137 Å². The van der Waals surface area contributed by atoms with Gasteiger partial charge in [-0.25, -0.2) is 0 Å². The Kier molecular flexibility index (Phi) is 5.45. The maximum atomic E-state index is 9.72. The SMILES string of the molecule is C=CCOc1ccc(O)c(C)c1.CC1(O)Cc2ccccc2C1. The molecule has 0 radical (unpaired) electrons. The van der Waals surface area contributed by atoms with Crippen LogP contribution in [-0.4, -0.2) is 22.4 Å². The summed E-state index contributed by atoms with van der Waals surface area (Å²) in [5.41, 5.74) is 2.93. The highest BCUT2D eigenvalue weighted by Gasteiger charge is 2.29. The zero-order valence-electron chi connectivity index (χ0n) is 13.7. The van der Waals surface area contributed by atoms with E-state index >= 15 is 0 Å². The molecule has 23 heavy (non-hydrogen) atoms. The van der Waals surface area contributed by atoms with Gasteiger partial charge in [0.1, 0.15) is 18.1 Å². The zero-order valence-corrected chi connectivity index (χ0v) is 13.7. The summed E-state index contributed by atoms with van der Waals surface area (Å²) in [5.74, 6) is 1.05. The monoisotopic (exact) mass is 312 g/mol. The molecule has 0 aliphatic heterocycles. The van der Waals surface area contributed by atoms with Crippen LogP contribution in [0.2, 0.25) is 0 Å². The molecule has 2 aromatic rings. The molecule has 2 N–H and O–H groups in total. The number of aliphatic hydroxyl groups is 1. The number of phenolic OH excluding ortho intramolecular Hbond substituents is 1. The zero-order chi connectivity index (χ0) is 16.9.